The lowest BCUT2D eigenvalue weighted by atomic mass is 10.1. The molecular weight excluding hydrogens is 312 g/mol. The van der Waals surface area contributed by atoms with Crippen molar-refractivity contribution >= 4 is 27.3 Å². The van der Waals surface area contributed by atoms with Crippen LogP contribution in [0.25, 0.3) is 0 Å². The molecule has 1 N–H and O–H groups in total. The van der Waals surface area contributed by atoms with Crippen molar-refractivity contribution in [3.63, 3.8) is 0 Å². The molecule has 1 aliphatic heterocycles. The number of benzene rings is 2. The largest absolute Gasteiger partial charge is 0.338 e. The summed E-state index contributed by atoms with van der Waals surface area (Å²) in [6.45, 7) is 3.17. The molecule has 0 spiro atoms. The molecule has 1 heterocycles. The van der Waals surface area contributed by atoms with Gasteiger partial charge in [-0.2, -0.15) is 0 Å². The number of para-hydroxylation sites is 1. The SMILES string of the molecule is CNCc1ccc(N2c3ccccc3CC2C)cc1Br. The first kappa shape index (κ1) is 13.7. The molecule has 0 aliphatic carbocycles. The monoisotopic (exact) mass is 330 g/mol. The maximum absolute atomic E-state index is 3.69. The van der Waals surface area contributed by atoms with Gasteiger partial charge in [0, 0.05) is 28.4 Å². The number of nitrogens with one attached hydrogen (secondary N) is 1. The van der Waals surface area contributed by atoms with Gasteiger partial charge < -0.3 is 10.2 Å². The van der Waals surface area contributed by atoms with Gasteiger partial charge in [-0.25, -0.2) is 0 Å². The molecule has 3 rings (SSSR count). The summed E-state index contributed by atoms with van der Waals surface area (Å²) in [6.07, 6.45) is 1.12. The second-order valence-corrected chi connectivity index (χ2v) is 6.21. The van der Waals surface area contributed by atoms with E-state index in [2.05, 4.69) is 75.5 Å². The minimum absolute atomic E-state index is 0.509. The van der Waals surface area contributed by atoms with E-state index in [9.17, 15) is 0 Å². The van der Waals surface area contributed by atoms with Crippen LogP contribution in [0.2, 0.25) is 0 Å². The Balaban J connectivity index is 1.99. The van der Waals surface area contributed by atoms with Crippen LogP contribution in [0, 0.1) is 0 Å². The summed E-state index contributed by atoms with van der Waals surface area (Å²) in [6, 6.07) is 15.8. The fraction of sp³-hybridized carbons (Fsp3) is 0.294. The Bertz CT molecular complexity index is 624. The van der Waals surface area contributed by atoms with Crippen LogP contribution in [0.1, 0.15) is 18.1 Å². The van der Waals surface area contributed by atoms with Gasteiger partial charge in [-0.3, -0.25) is 0 Å². The highest BCUT2D eigenvalue weighted by molar-refractivity contribution is 9.10. The van der Waals surface area contributed by atoms with Crippen molar-refractivity contribution < 1.29 is 0 Å². The van der Waals surface area contributed by atoms with Gasteiger partial charge in [-0.05, 0) is 49.7 Å². The van der Waals surface area contributed by atoms with E-state index in [1.165, 1.54) is 27.0 Å². The topological polar surface area (TPSA) is 15.3 Å². The molecule has 1 unspecified atom stereocenters. The molecule has 3 heteroatoms. The normalized spacial score (nSPS) is 17.4. The summed E-state index contributed by atoms with van der Waals surface area (Å²) >= 11 is 3.69. The lowest BCUT2D eigenvalue weighted by molar-refractivity contribution is 0.757. The fourth-order valence-corrected chi connectivity index (χ4v) is 3.49. The lowest BCUT2D eigenvalue weighted by Crippen LogP contribution is -2.23. The molecule has 0 radical (unpaired) electrons. The van der Waals surface area contributed by atoms with Crippen LogP contribution in [-0.4, -0.2) is 13.1 Å². The third kappa shape index (κ3) is 2.36. The number of halogens is 1. The Morgan fingerprint density at radius 3 is 2.80 bits per heavy atom. The summed E-state index contributed by atoms with van der Waals surface area (Å²) in [5.41, 5.74) is 5.33. The molecule has 2 nitrogen and oxygen atoms in total. The molecule has 0 bridgehead atoms. The molecule has 1 atom stereocenters. The minimum Gasteiger partial charge on any atom is -0.338 e. The van der Waals surface area contributed by atoms with Crippen LogP contribution < -0.4 is 10.2 Å². The van der Waals surface area contributed by atoms with E-state index in [4.69, 9.17) is 0 Å². The molecular formula is C17H19BrN2. The third-order valence-corrected chi connectivity index (χ3v) is 4.63. The number of hydrogen-bond donors (Lipinski definition) is 1. The summed E-state index contributed by atoms with van der Waals surface area (Å²) < 4.78 is 1.17. The van der Waals surface area contributed by atoms with Crippen molar-refractivity contribution in [2.24, 2.45) is 0 Å². The summed E-state index contributed by atoms with van der Waals surface area (Å²) in [5.74, 6) is 0. The highest BCUT2D eigenvalue weighted by atomic mass is 79.9. The fourth-order valence-electron chi connectivity index (χ4n) is 2.98. The predicted octanol–water partition coefficient (Wildman–Crippen LogP) is 4.25. The van der Waals surface area contributed by atoms with Crippen molar-refractivity contribution in [3.05, 3.63) is 58.1 Å². The lowest BCUT2D eigenvalue weighted by Gasteiger charge is -2.25. The first-order valence-electron chi connectivity index (χ1n) is 7.01. The van der Waals surface area contributed by atoms with Gasteiger partial charge in [-0.1, -0.05) is 40.2 Å². The minimum atomic E-state index is 0.509. The maximum atomic E-state index is 3.69. The zero-order valence-corrected chi connectivity index (χ0v) is 13.4. The van der Waals surface area contributed by atoms with Gasteiger partial charge in [-0.15, -0.1) is 0 Å². The summed E-state index contributed by atoms with van der Waals surface area (Å²) in [7, 11) is 1.97. The van der Waals surface area contributed by atoms with Crippen LogP contribution >= 0.6 is 15.9 Å². The molecule has 0 aromatic heterocycles. The molecule has 0 fully saturated rings. The van der Waals surface area contributed by atoms with Gasteiger partial charge >= 0.3 is 0 Å². The number of nitrogens with zero attached hydrogens (tertiary/aromatic N) is 1. The Morgan fingerprint density at radius 2 is 2.05 bits per heavy atom. The quantitative estimate of drug-likeness (QED) is 0.904. The molecule has 2 aromatic rings. The molecule has 0 saturated heterocycles. The van der Waals surface area contributed by atoms with Crippen molar-refractivity contribution in [2.45, 2.75) is 25.9 Å². The van der Waals surface area contributed by atoms with E-state index in [-0.39, 0.29) is 0 Å². The number of fused-ring (bicyclic) bond motifs is 1. The number of hydrogen-bond acceptors (Lipinski definition) is 2. The molecule has 0 amide bonds. The third-order valence-electron chi connectivity index (χ3n) is 3.89. The summed E-state index contributed by atoms with van der Waals surface area (Å²) in [5, 5.41) is 3.19. The van der Waals surface area contributed by atoms with Gasteiger partial charge in [0.05, 0.1) is 0 Å². The van der Waals surface area contributed by atoms with Crippen LogP contribution in [0.15, 0.2) is 46.9 Å². The molecule has 0 saturated carbocycles. The average Bonchev–Trinajstić information content (AvgIpc) is 2.77. The second-order valence-electron chi connectivity index (χ2n) is 5.36. The highest BCUT2D eigenvalue weighted by Crippen LogP contribution is 2.39. The standard InChI is InChI=1S/C17H19BrN2/c1-12-9-13-5-3-4-6-17(13)20(12)15-8-7-14(11-19-2)16(18)10-15/h3-8,10,12,19H,9,11H2,1-2H3. The van der Waals surface area contributed by atoms with Crippen molar-refractivity contribution in [3.8, 4) is 0 Å². The first-order valence-corrected chi connectivity index (χ1v) is 7.80. The van der Waals surface area contributed by atoms with Crippen molar-refractivity contribution in [1.82, 2.24) is 5.32 Å². The van der Waals surface area contributed by atoms with Gasteiger partial charge in [0.15, 0.2) is 0 Å². The molecule has 2 aromatic carbocycles. The van der Waals surface area contributed by atoms with Crippen LogP contribution in [-0.2, 0) is 13.0 Å². The Labute approximate surface area is 128 Å². The highest BCUT2D eigenvalue weighted by Gasteiger charge is 2.26. The Kier molecular flexibility index (Phi) is 3.81. The Morgan fingerprint density at radius 1 is 1.25 bits per heavy atom. The van der Waals surface area contributed by atoms with E-state index < -0.39 is 0 Å². The van der Waals surface area contributed by atoms with E-state index >= 15 is 0 Å². The molecule has 20 heavy (non-hydrogen) atoms. The second kappa shape index (κ2) is 5.58. The van der Waals surface area contributed by atoms with Gasteiger partial charge in [0.1, 0.15) is 0 Å². The van der Waals surface area contributed by atoms with Gasteiger partial charge in [0.2, 0.25) is 0 Å². The Hall–Kier alpha value is -1.32. The zero-order chi connectivity index (χ0) is 14.1. The number of anilines is 2. The average molecular weight is 331 g/mol. The van der Waals surface area contributed by atoms with Crippen LogP contribution in [0.3, 0.4) is 0 Å². The maximum Gasteiger partial charge on any atom is 0.0446 e. The van der Waals surface area contributed by atoms with Crippen LogP contribution in [0.4, 0.5) is 11.4 Å². The van der Waals surface area contributed by atoms with E-state index in [1.54, 1.807) is 0 Å². The van der Waals surface area contributed by atoms with E-state index in [0.29, 0.717) is 6.04 Å². The van der Waals surface area contributed by atoms with Gasteiger partial charge in [0.25, 0.3) is 0 Å². The van der Waals surface area contributed by atoms with Crippen molar-refractivity contribution in [1.29, 1.82) is 0 Å². The molecule has 104 valence electrons. The first-order chi connectivity index (χ1) is 9.70. The van der Waals surface area contributed by atoms with Crippen LogP contribution in [0.5, 0.6) is 0 Å². The summed E-state index contributed by atoms with van der Waals surface area (Å²) in [4.78, 5) is 2.43. The predicted molar refractivity (Wildman–Crippen MR) is 88.7 cm³/mol. The molecule has 1 aliphatic rings. The van der Waals surface area contributed by atoms with E-state index in [0.717, 1.165) is 13.0 Å². The van der Waals surface area contributed by atoms with E-state index in [1.807, 2.05) is 7.05 Å². The van der Waals surface area contributed by atoms with Crippen molar-refractivity contribution in [2.75, 3.05) is 11.9 Å². The number of rotatable bonds is 3. The zero-order valence-electron chi connectivity index (χ0n) is 11.9. The smallest absolute Gasteiger partial charge is 0.0446 e.